The minimum Gasteiger partial charge on any atom is -0.480 e. The summed E-state index contributed by atoms with van der Waals surface area (Å²) >= 11 is 5.09. The molecular weight excluding hydrogens is 306 g/mol. The Hall–Kier alpha value is -0.530. The Kier molecular flexibility index (Phi) is 7.30. The summed E-state index contributed by atoms with van der Waals surface area (Å²) in [5.74, 6) is 3.02. The smallest absolute Gasteiger partial charge is 0.232 e. The summed E-state index contributed by atoms with van der Waals surface area (Å²) in [5.41, 5.74) is 0. The molecule has 0 unspecified atom stereocenters. The van der Waals surface area contributed by atoms with Crippen LogP contribution >= 0.6 is 27.7 Å². The Morgan fingerprint density at radius 2 is 2.35 bits per heavy atom. The fourth-order valence-corrected chi connectivity index (χ4v) is 2.22. The molecule has 0 saturated carbocycles. The quantitative estimate of drug-likeness (QED) is 0.711. The molecule has 5 nitrogen and oxygen atoms in total. The highest BCUT2D eigenvalue weighted by Crippen LogP contribution is 2.21. The van der Waals surface area contributed by atoms with Crippen LogP contribution in [0.2, 0.25) is 0 Å². The molecule has 2 N–H and O–H groups in total. The number of hydrogen-bond donors (Lipinski definition) is 2. The first kappa shape index (κ1) is 14.5. The zero-order valence-corrected chi connectivity index (χ0v) is 12.1. The van der Waals surface area contributed by atoms with E-state index in [1.54, 1.807) is 25.1 Å². The Labute approximate surface area is 114 Å². The van der Waals surface area contributed by atoms with Gasteiger partial charge in [0.2, 0.25) is 11.8 Å². The van der Waals surface area contributed by atoms with E-state index in [0.29, 0.717) is 11.8 Å². The lowest BCUT2D eigenvalue weighted by Crippen LogP contribution is -2.08. The van der Waals surface area contributed by atoms with E-state index in [0.717, 1.165) is 28.9 Å². The van der Waals surface area contributed by atoms with Gasteiger partial charge in [0.05, 0.1) is 17.8 Å². The minimum atomic E-state index is 0.257. The first-order valence-corrected chi connectivity index (χ1v) is 7.21. The van der Waals surface area contributed by atoms with Gasteiger partial charge in [-0.2, -0.15) is 16.7 Å². The maximum atomic E-state index is 8.62. The average Bonchev–Trinajstić information content (AvgIpc) is 2.35. The van der Waals surface area contributed by atoms with Gasteiger partial charge in [-0.1, -0.05) is 0 Å². The van der Waals surface area contributed by atoms with Gasteiger partial charge in [0.25, 0.3) is 0 Å². The van der Waals surface area contributed by atoms with Crippen molar-refractivity contribution in [3.8, 4) is 5.88 Å². The van der Waals surface area contributed by atoms with E-state index < -0.39 is 0 Å². The molecular formula is C10H16BrN3O2S. The average molecular weight is 322 g/mol. The van der Waals surface area contributed by atoms with Crippen molar-refractivity contribution < 1.29 is 9.84 Å². The van der Waals surface area contributed by atoms with Crippen LogP contribution in [0.25, 0.3) is 0 Å². The van der Waals surface area contributed by atoms with E-state index in [-0.39, 0.29) is 6.61 Å². The van der Waals surface area contributed by atoms with Gasteiger partial charge in [-0.15, -0.1) is 0 Å². The number of ether oxygens (including phenoxy) is 1. The number of methoxy groups -OCH3 is 1. The van der Waals surface area contributed by atoms with Gasteiger partial charge < -0.3 is 15.2 Å². The predicted molar refractivity (Wildman–Crippen MR) is 73.8 cm³/mol. The lowest BCUT2D eigenvalue weighted by molar-refractivity contribution is 0.296. The third-order valence-electron chi connectivity index (χ3n) is 1.88. The molecule has 1 heterocycles. The van der Waals surface area contributed by atoms with Gasteiger partial charge in [0, 0.05) is 18.9 Å². The summed E-state index contributed by atoms with van der Waals surface area (Å²) in [6, 6.07) is 0. The van der Waals surface area contributed by atoms with E-state index in [1.165, 1.54) is 0 Å². The summed E-state index contributed by atoms with van der Waals surface area (Å²) in [5, 5.41) is 11.7. The number of thioether (sulfide) groups is 1. The fraction of sp³-hybridized carbons (Fsp3) is 0.600. The van der Waals surface area contributed by atoms with E-state index in [9.17, 15) is 0 Å². The zero-order valence-electron chi connectivity index (χ0n) is 9.65. The van der Waals surface area contributed by atoms with Crippen LogP contribution in [0.1, 0.15) is 6.42 Å². The Morgan fingerprint density at radius 3 is 3.06 bits per heavy atom. The molecule has 17 heavy (non-hydrogen) atoms. The molecule has 96 valence electrons. The predicted octanol–water partition coefficient (Wildman–Crippen LogP) is 1.78. The molecule has 0 aliphatic heterocycles. The standard InChI is InChI=1S/C10H16BrN3O2S/c1-16-9-8(11)7-13-10(14-9)12-3-6-17-5-2-4-15/h7,15H,2-6H2,1H3,(H,12,13,14). The highest BCUT2D eigenvalue weighted by atomic mass is 79.9. The molecule has 1 rings (SSSR count). The molecule has 0 bridgehead atoms. The second kappa shape index (κ2) is 8.54. The number of anilines is 1. The largest absolute Gasteiger partial charge is 0.480 e. The van der Waals surface area contributed by atoms with Gasteiger partial charge in [-0.25, -0.2) is 4.98 Å². The van der Waals surface area contributed by atoms with Crippen LogP contribution in [0, 0.1) is 0 Å². The molecule has 1 aromatic rings. The topological polar surface area (TPSA) is 67.3 Å². The van der Waals surface area contributed by atoms with E-state index in [4.69, 9.17) is 9.84 Å². The van der Waals surface area contributed by atoms with E-state index >= 15 is 0 Å². The Morgan fingerprint density at radius 1 is 1.53 bits per heavy atom. The highest BCUT2D eigenvalue weighted by Gasteiger charge is 2.03. The van der Waals surface area contributed by atoms with Crippen molar-refractivity contribution in [3.05, 3.63) is 10.7 Å². The molecule has 0 fully saturated rings. The third kappa shape index (κ3) is 5.56. The summed E-state index contributed by atoms with van der Waals surface area (Å²) in [6.45, 7) is 1.05. The SMILES string of the molecule is COc1nc(NCCSCCCO)ncc1Br. The molecule has 0 saturated heterocycles. The number of nitrogens with one attached hydrogen (secondary N) is 1. The van der Waals surface area contributed by atoms with E-state index in [1.807, 2.05) is 0 Å². The van der Waals surface area contributed by atoms with Gasteiger partial charge in [0.15, 0.2) is 0 Å². The fourth-order valence-electron chi connectivity index (χ4n) is 1.08. The van der Waals surface area contributed by atoms with Crippen LogP contribution in [0.5, 0.6) is 5.88 Å². The molecule has 0 radical (unpaired) electrons. The highest BCUT2D eigenvalue weighted by molar-refractivity contribution is 9.10. The molecule has 0 aliphatic carbocycles. The lowest BCUT2D eigenvalue weighted by atomic mass is 10.5. The second-order valence-corrected chi connectivity index (χ2v) is 5.25. The summed E-state index contributed by atoms with van der Waals surface area (Å²) < 4.78 is 5.81. The van der Waals surface area contributed by atoms with Crippen molar-refractivity contribution in [3.63, 3.8) is 0 Å². The molecule has 0 spiro atoms. The number of halogens is 1. The monoisotopic (exact) mass is 321 g/mol. The van der Waals surface area contributed by atoms with Crippen LogP contribution in [-0.4, -0.2) is 46.8 Å². The summed E-state index contributed by atoms with van der Waals surface area (Å²) in [4.78, 5) is 8.31. The van der Waals surface area contributed by atoms with Crippen LogP contribution in [0.4, 0.5) is 5.95 Å². The van der Waals surface area contributed by atoms with Crippen LogP contribution in [-0.2, 0) is 0 Å². The molecule has 7 heteroatoms. The number of nitrogens with zero attached hydrogens (tertiary/aromatic N) is 2. The second-order valence-electron chi connectivity index (χ2n) is 3.17. The van der Waals surface area contributed by atoms with Gasteiger partial charge in [-0.3, -0.25) is 0 Å². The van der Waals surface area contributed by atoms with Gasteiger partial charge in [-0.05, 0) is 28.1 Å². The summed E-state index contributed by atoms with van der Waals surface area (Å²) in [6.07, 6.45) is 2.50. The number of aromatic nitrogens is 2. The van der Waals surface area contributed by atoms with Crippen molar-refractivity contribution in [1.82, 2.24) is 9.97 Å². The van der Waals surface area contributed by atoms with Crippen molar-refractivity contribution >= 4 is 33.6 Å². The van der Waals surface area contributed by atoms with Gasteiger partial charge >= 0.3 is 0 Å². The lowest BCUT2D eigenvalue weighted by Gasteiger charge is -2.06. The van der Waals surface area contributed by atoms with Crippen molar-refractivity contribution in [2.24, 2.45) is 0 Å². The first-order chi connectivity index (χ1) is 8.27. The van der Waals surface area contributed by atoms with Crippen molar-refractivity contribution in [1.29, 1.82) is 0 Å². The first-order valence-electron chi connectivity index (χ1n) is 5.27. The van der Waals surface area contributed by atoms with Crippen LogP contribution in [0.3, 0.4) is 0 Å². The number of aliphatic hydroxyl groups excluding tert-OH is 1. The number of aliphatic hydroxyl groups is 1. The van der Waals surface area contributed by atoms with Crippen molar-refractivity contribution in [2.45, 2.75) is 6.42 Å². The molecule has 0 amide bonds. The van der Waals surface area contributed by atoms with Crippen molar-refractivity contribution in [2.75, 3.05) is 37.1 Å². The van der Waals surface area contributed by atoms with E-state index in [2.05, 4.69) is 31.2 Å². The molecule has 0 aliphatic rings. The normalized spacial score (nSPS) is 10.3. The number of hydrogen-bond acceptors (Lipinski definition) is 6. The molecule has 0 aromatic carbocycles. The molecule has 1 aromatic heterocycles. The zero-order chi connectivity index (χ0) is 12.5. The summed E-state index contributed by atoms with van der Waals surface area (Å²) in [7, 11) is 1.57. The third-order valence-corrected chi connectivity index (χ3v) is 3.50. The van der Waals surface area contributed by atoms with Gasteiger partial charge in [0.1, 0.15) is 0 Å². The van der Waals surface area contributed by atoms with Crippen LogP contribution in [0.15, 0.2) is 10.7 Å². The Bertz CT molecular complexity index is 341. The number of rotatable bonds is 8. The maximum absolute atomic E-state index is 8.62. The maximum Gasteiger partial charge on any atom is 0.232 e. The molecule has 0 atom stereocenters. The Balaban J connectivity index is 2.27. The van der Waals surface area contributed by atoms with Crippen LogP contribution < -0.4 is 10.1 Å². The minimum absolute atomic E-state index is 0.257.